The highest BCUT2D eigenvalue weighted by Crippen LogP contribution is 2.48. The van der Waals surface area contributed by atoms with E-state index in [0.29, 0.717) is 0 Å². The van der Waals surface area contributed by atoms with E-state index in [0.717, 1.165) is 11.5 Å². The van der Waals surface area contributed by atoms with Crippen molar-refractivity contribution in [3.8, 4) is 22.6 Å². The van der Waals surface area contributed by atoms with Crippen LogP contribution < -0.4 is 41.3 Å². The highest BCUT2D eigenvalue weighted by atomic mass is 31.1. The summed E-state index contributed by atoms with van der Waals surface area (Å²) in [6, 6.07) is 52.4. The minimum Gasteiger partial charge on any atom is -0.496 e. The summed E-state index contributed by atoms with van der Waals surface area (Å²) < 4.78 is 12.6. The maximum atomic E-state index is 6.29. The summed E-state index contributed by atoms with van der Waals surface area (Å²) in [5, 5.41) is 13.2. The number of hydrogen-bond donors (Lipinski definition) is 0. The maximum absolute atomic E-state index is 6.29. The Balaban J connectivity index is 1.58. The smallest absolute Gasteiger partial charge is 0.125 e. The highest BCUT2D eigenvalue weighted by Gasteiger charge is 2.31. The van der Waals surface area contributed by atoms with Gasteiger partial charge in [0.25, 0.3) is 0 Å². The summed E-state index contributed by atoms with van der Waals surface area (Å²) in [6.45, 7) is 27.4. The van der Waals surface area contributed by atoms with Crippen molar-refractivity contribution in [3.63, 3.8) is 0 Å². The zero-order valence-electron chi connectivity index (χ0n) is 41.7. The van der Waals surface area contributed by atoms with Gasteiger partial charge in [0, 0.05) is 0 Å². The first-order chi connectivity index (χ1) is 31.6. The van der Waals surface area contributed by atoms with Gasteiger partial charge in [0.15, 0.2) is 0 Å². The predicted molar refractivity (Wildman–Crippen MR) is 293 cm³/mol. The molecule has 0 amide bonds. The third-order valence-corrected chi connectivity index (χ3v) is 18.0. The Hall–Kier alpha value is -5.26. The van der Waals surface area contributed by atoms with Crippen molar-refractivity contribution in [2.75, 3.05) is 14.2 Å². The SMILES string of the molecule is COc1c(C(C)C)cc(P(c2cc(C)cc(C)c2)c2ccc3ccccc3c2-c2c(P(c3cc(C)cc(C)c3)c3cc(C(C)C)c(OC)c(C(C)C)c3)ccc3ccccc23)cc1C(C)C. The first-order valence-corrected chi connectivity index (χ1v) is 26.5. The van der Waals surface area contributed by atoms with Crippen molar-refractivity contribution in [2.24, 2.45) is 0 Å². The molecule has 0 bridgehead atoms. The van der Waals surface area contributed by atoms with Crippen molar-refractivity contribution in [1.82, 2.24) is 0 Å². The van der Waals surface area contributed by atoms with E-state index in [2.05, 4.69) is 217 Å². The lowest BCUT2D eigenvalue weighted by molar-refractivity contribution is 0.400. The zero-order chi connectivity index (χ0) is 47.1. The predicted octanol–water partition coefficient (Wildman–Crippen LogP) is 14.9. The molecule has 4 heteroatoms. The van der Waals surface area contributed by atoms with Crippen molar-refractivity contribution >= 4 is 69.2 Å². The van der Waals surface area contributed by atoms with Crippen LogP contribution in [0.3, 0.4) is 0 Å². The molecule has 0 aliphatic heterocycles. The van der Waals surface area contributed by atoms with E-state index in [1.807, 2.05) is 14.2 Å². The normalized spacial score (nSPS) is 12.8. The molecule has 0 spiro atoms. The average Bonchev–Trinajstić information content (AvgIpc) is 3.27. The Labute approximate surface area is 398 Å². The molecular weight excluding hydrogens is 839 g/mol. The van der Waals surface area contributed by atoms with E-state index in [1.54, 1.807) is 0 Å². The van der Waals surface area contributed by atoms with Crippen LogP contribution >= 0.6 is 15.8 Å². The number of rotatable bonds is 13. The van der Waals surface area contributed by atoms with Crippen LogP contribution in [0.4, 0.5) is 0 Å². The second kappa shape index (κ2) is 19.5. The standard InChI is InChI=1S/C62H68O2P2/c1-37(2)53-33-49(34-54(38(3)4)61(53)63-13)65(47-29-41(9)27-42(10)30-47)57-25-23-45-19-15-17-21-51(45)59(57)60-52-22-18-16-20-46(52)24-26-58(60)66(48-31-43(11)28-44(12)32-48)50-35-55(39(5)6)62(64-14)56(36-50)40(7)8/h15-40H,1-14H3. The monoisotopic (exact) mass is 906 g/mol. The molecule has 0 heterocycles. The zero-order valence-corrected chi connectivity index (χ0v) is 43.5. The first kappa shape index (κ1) is 47.2. The van der Waals surface area contributed by atoms with Gasteiger partial charge in [-0.15, -0.1) is 0 Å². The largest absolute Gasteiger partial charge is 0.496 e. The fourth-order valence-corrected chi connectivity index (χ4v) is 15.7. The molecule has 0 saturated heterocycles. The van der Waals surface area contributed by atoms with Crippen LogP contribution in [-0.4, -0.2) is 14.2 Å². The Kier molecular flexibility index (Phi) is 14.0. The van der Waals surface area contributed by atoms with E-state index in [4.69, 9.17) is 9.47 Å². The molecule has 2 atom stereocenters. The van der Waals surface area contributed by atoms with Gasteiger partial charge < -0.3 is 9.47 Å². The lowest BCUT2D eigenvalue weighted by Gasteiger charge is -2.31. The molecule has 2 unspecified atom stereocenters. The molecule has 0 fully saturated rings. The summed E-state index contributed by atoms with van der Waals surface area (Å²) in [6.07, 6.45) is 0. The third kappa shape index (κ3) is 9.09. The van der Waals surface area contributed by atoms with Crippen LogP contribution in [0, 0.1) is 27.7 Å². The maximum Gasteiger partial charge on any atom is 0.125 e. The van der Waals surface area contributed by atoms with Crippen LogP contribution in [0.1, 0.15) is 124 Å². The minimum atomic E-state index is -1.10. The average molecular weight is 907 g/mol. The van der Waals surface area contributed by atoms with Crippen LogP contribution in [0.25, 0.3) is 32.7 Å². The summed E-state index contributed by atoms with van der Waals surface area (Å²) >= 11 is 0. The Morgan fingerprint density at radius 2 is 0.636 bits per heavy atom. The second-order valence-corrected chi connectivity index (χ2v) is 24.0. The molecule has 0 aliphatic rings. The van der Waals surface area contributed by atoms with E-state index in [1.165, 1.54) is 109 Å². The molecule has 0 radical (unpaired) electrons. The van der Waals surface area contributed by atoms with Gasteiger partial charge in [0.2, 0.25) is 0 Å². The van der Waals surface area contributed by atoms with Gasteiger partial charge in [-0.1, -0.05) is 187 Å². The lowest BCUT2D eigenvalue weighted by Crippen LogP contribution is -2.27. The van der Waals surface area contributed by atoms with E-state index >= 15 is 0 Å². The Bertz CT molecular complexity index is 2770. The van der Waals surface area contributed by atoms with E-state index < -0.39 is 15.8 Å². The van der Waals surface area contributed by atoms with Gasteiger partial charge >= 0.3 is 0 Å². The highest BCUT2D eigenvalue weighted by molar-refractivity contribution is 7.81. The minimum absolute atomic E-state index is 0.284. The fraction of sp³-hybridized carbons (Fsp3) is 0.290. The van der Waals surface area contributed by atoms with Crippen LogP contribution in [0.2, 0.25) is 0 Å². The van der Waals surface area contributed by atoms with Gasteiger partial charge in [-0.05, 0) is 178 Å². The summed E-state index contributed by atoms with van der Waals surface area (Å²) in [5.41, 5.74) is 12.9. The van der Waals surface area contributed by atoms with Gasteiger partial charge in [-0.3, -0.25) is 0 Å². The summed E-state index contributed by atoms with van der Waals surface area (Å²) in [5.74, 6) is 3.18. The number of methoxy groups -OCH3 is 2. The summed E-state index contributed by atoms with van der Waals surface area (Å²) in [7, 11) is 1.48. The van der Waals surface area contributed by atoms with Crippen molar-refractivity contribution in [1.29, 1.82) is 0 Å². The van der Waals surface area contributed by atoms with Crippen molar-refractivity contribution < 1.29 is 9.47 Å². The molecule has 2 nitrogen and oxygen atoms in total. The Morgan fingerprint density at radius 1 is 0.348 bits per heavy atom. The van der Waals surface area contributed by atoms with Gasteiger partial charge in [-0.25, -0.2) is 0 Å². The van der Waals surface area contributed by atoms with Crippen molar-refractivity contribution in [2.45, 2.75) is 107 Å². The number of ether oxygens (including phenoxy) is 2. The number of aryl methyl sites for hydroxylation is 4. The first-order valence-electron chi connectivity index (χ1n) is 23.8. The second-order valence-electron chi connectivity index (χ2n) is 19.7. The quantitative estimate of drug-likeness (QED) is 0.107. The van der Waals surface area contributed by atoms with E-state index in [-0.39, 0.29) is 23.7 Å². The van der Waals surface area contributed by atoms with Gasteiger partial charge in [-0.2, -0.15) is 0 Å². The van der Waals surface area contributed by atoms with Crippen LogP contribution in [0.5, 0.6) is 11.5 Å². The molecule has 8 rings (SSSR count). The molecule has 8 aromatic carbocycles. The lowest BCUT2D eigenvalue weighted by atomic mass is 9.93. The molecular formula is C62H68O2P2. The van der Waals surface area contributed by atoms with Crippen LogP contribution in [0.15, 0.2) is 133 Å². The summed E-state index contributed by atoms with van der Waals surface area (Å²) in [4.78, 5) is 0. The number of hydrogen-bond acceptors (Lipinski definition) is 2. The molecule has 0 N–H and O–H groups in total. The Morgan fingerprint density at radius 3 is 0.924 bits per heavy atom. The van der Waals surface area contributed by atoms with Crippen LogP contribution in [-0.2, 0) is 0 Å². The molecule has 66 heavy (non-hydrogen) atoms. The van der Waals surface area contributed by atoms with Gasteiger partial charge in [0.05, 0.1) is 14.2 Å². The molecule has 338 valence electrons. The fourth-order valence-electron chi connectivity index (χ4n) is 10.2. The topological polar surface area (TPSA) is 18.5 Å². The van der Waals surface area contributed by atoms with Gasteiger partial charge in [0.1, 0.15) is 11.5 Å². The van der Waals surface area contributed by atoms with Crippen molar-refractivity contribution in [3.05, 3.63) is 178 Å². The number of benzene rings is 8. The third-order valence-electron chi connectivity index (χ3n) is 13.2. The molecule has 8 aromatic rings. The molecule has 0 aliphatic carbocycles. The molecule has 0 aromatic heterocycles. The number of fused-ring (bicyclic) bond motifs is 2. The molecule has 0 saturated carbocycles. The van der Waals surface area contributed by atoms with E-state index in [9.17, 15) is 0 Å².